The van der Waals surface area contributed by atoms with E-state index in [1.54, 1.807) is 4.90 Å². The highest BCUT2D eigenvalue weighted by atomic mass is 16.2. The monoisotopic (exact) mass is 275 g/mol. The number of carbonyl (C=O) groups excluding carboxylic acids is 2. The topological polar surface area (TPSA) is 64.4 Å². The Balaban J connectivity index is 1.55. The minimum atomic E-state index is -0.753. The highest BCUT2D eigenvalue weighted by Gasteiger charge is 2.48. The highest BCUT2D eigenvalue weighted by molar-refractivity contribution is 5.87. The van der Waals surface area contributed by atoms with Crippen LogP contribution in [0.5, 0.6) is 0 Å². The summed E-state index contributed by atoms with van der Waals surface area (Å²) in [6, 6.07) is 2.21. The number of rotatable bonds is 2. The van der Waals surface area contributed by atoms with Crippen molar-refractivity contribution < 1.29 is 9.59 Å². The molecule has 2 aliphatic carbocycles. The maximum Gasteiger partial charge on any atom is 0.243 e. The average Bonchev–Trinajstić information content (AvgIpc) is 3.14. The number of piperazine rings is 1. The van der Waals surface area contributed by atoms with Crippen molar-refractivity contribution in [2.24, 2.45) is 17.3 Å². The smallest absolute Gasteiger partial charge is 0.243 e. The zero-order valence-corrected chi connectivity index (χ0v) is 12.0. The minimum absolute atomic E-state index is 0.0156. The van der Waals surface area contributed by atoms with Gasteiger partial charge in [-0.2, -0.15) is 5.26 Å². The fraction of sp³-hybridized carbons (Fsp3) is 0.800. The van der Waals surface area contributed by atoms with Crippen molar-refractivity contribution >= 4 is 11.8 Å². The molecule has 0 bridgehead atoms. The zero-order valence-electron chi connectivity index (χ0n) is 12.0. The number of nitrogens with zero attached hydrogens (tertiary/aromatic N) is 3. The molecule has 3 fully saturated rings. The SMILES string of the molecule is C[C@H]1C[C@@H]1C(=O)N1CCN(C(=O)C2(C#N)CCC2)CC1. The summed E-state index contributed by atoms with van der Waals surface area (Å²) in [5.41, 5.74) is -0.753. The molecule has 108 valence electrons. The molecule has 2 saturated carbocycles. The summed E-state index contributed by atoms with van der Waals surface area (Å²) >= 11 is 0. The molecule has 0 unspecified atom stereocenters. The Kier molecular flexibility index (Phi) is 3.19. The van der Waals surface area contributed by atoms with Crippen molar-refractivity contribution in [1.29, 1.82) is 5.26 Å². The minimum Gasteiger partial charge on any atom is -0.339 e. The van der Waals surface area contributed by atoms with Crippen LogP contribution in [0.4, 0.5) is 0 Å². The van der Waals surface area contributed by atoms with Gasteiger partial charge in [-0.25, -0.2) is 0 Å². The zero-order chi connectivity index (χ0) is 14.3. The van der Waals surface area contributed by atoms with Gasteiger partial charge >= 0.3 is 0 Å². The van der Waals surface area contributed by atoms with Crippen molar-refractivity contribution in [2.45, 2.75) is 32.6 Å². The molecule has 3 rings (SSSR count). The molecule has 1 saturated heterocycles. The first-order valence-electron chi connectivity index (χ1n) is 7.57. The molecule has 0 aromatic rings. The number of hydrogen-bond donors (Lipinski definition) is 0. The number of carbonyl (C=O) groups is 2. The van der Waals surface area contributed by atoms with E-state index >= 15 is 0 Å². The summed E-state index contributed by atoms with van der Waals surface area (Å²) in [6.45, 7) is 4.50. The summed E-state index contributed by atoms with van der Waals surface area (Å²) in [7, 11) is 0. The van der Waals surface area contributed by atoms with E-state index in [0.29, 0.717) is 44.9 Å². The van der Waals surface area contributed by atoms with E-state index in [1.165, 1.54) is 0 Å². The van der Waals surface area contributed by atoms with Crippen molar-refractivity contribution in [2.75, 3.05) is 26.2 Å². The standard InChI is InChI=1S/C15H21N3O2/c1-11-9-12(11)13(19)17-5-7-18(8-6-17)14(20)15(10-16)3-2-4-15/h11-12H,2-9H2,1H3/t11-,12-/m0/s1. The third kappa shape index (κ3) is 2.07. The van der Waals surface area contributed by atoms with E-state index in [4.69, 9.17) is 0 Å². The molecular formula is C15H21N3O2. The second-order valence-electron chi connectivity index (χ2n) is 6.48. The van der Waals surface area contributed by atoms with E-state index in [0.717, 1.165) is 12.8 Å². The third-order valence-corrected chi connectivity index (χ3v) is 5.14. The van der Waals surface area contributed by atoms with E-state index in [9.17, 15) is 14.9 Å². The van der Waals surface area contributed by atoms with Gasteiger partial charge in [-0.3, -0.25) is 9.59 Å². The lowest BCUT2D eigenvalue weighted by Crippen LogP contribution is -2.55. The average molecular weight is 275 g/mol. The van der Waals surface area contributed by atoms with Gasteiger partial charge in [0.05, 0.1) is 6.07 Å². The molecule has 2 atom stereocenters. The first-order chi connectivity index (χ1) is 9.57. The summed E-state index contributed by atoms with van der Waals surface area (Å²) in [5, 5.41) is 9.23. The van der Waals surface area contributed by atoms with Gasteiger partial charge in [0, 0.05) is 32.1 Å². The van der Waals surface area contributed by atoms with Crippen LogP contribution in [0.15, 0.2) is 0 Å². The fourth-order valence-electron chi connectivity index (χ4n) is 3.24. The second-order valence-corrected chi connectivity index (χ2v) is 6.48. The van der Waals surface area contributed by atoms with E-state index < -0.39 is 5.41 Å². The molecule has 3 aliphatic rings. The number of amides is 2. The van der Waals surface area contributed by atoms with Gasteiger partial charge in [-0.15, -0.1) is 0 Å². The Morgan fingerprint density at radius 2 is 1.70 bits per heavy atom. The molecule has 0 aromatic carbocycles. The summed E-state index contributed by atoms with van der Waals surface area (Å²) in [5.74, 6) is 0.981. The van der Waals surface area contributed by atoms with Crippen LogP contribution in [0.25, 0.3) is 0 Å². The van der Waals surface area contributed by atoms with Gasteiger partial charge < -0.3 is 9.80 Å². The molecule has 0 radical (unpaired) electrons. The van der Waals surface area contributed by atoms with Crippen LogP contribution in [0, 0.1) is 28.6 Å². The van der Waals surface area contributed by atoms with E-state index in [1.807, 2.05) is 4.90 Å². The second kappa shape index (κ2) is 4.76. The van der Waals surface area contributed by atoms with Crippen LogP contribution in [0.1, 0.15) is 32.6 Å². The van der Waals surface area contributed by atoms with Crippen LogP contribution in [-0.4, -0.2) is 47.8 Å². The number of nitriles is 1. The molecule has 20 heavy (non-hydrogen) atoms. The lowest BCUT2D eigenvalue weighted by Gasteiger charge is -2.41. The predicted octanol–water partition coefficient (Wildman–Crippen LogP) is 1.01. The highest BCUT2D eigenvalue weighted by Crippen LogP contribution is 2.42. The summed E-state index contributed by atoms with van der Waals surface area (Å²) < 4.78 is 0. The Morgan fingerprint density at radius 1 is 1.15 bits per heavy atom. The first kappa shape index (κ1) is 13.4. The van der Waals surface area contributed by atoms with Crippen LogP contribution < -0.4 is 0 Å². The molecule has 0 aromatic heterocycles. The molecule has 5 heteroatoms. The Labute approximate surface area is 119 Å². The van der Waals surface area contributed by atoms with Gasteiger partial charge in [0.25, 0.3) is 0 Å². The molecule has 5 nitrogen and oxygen atoms in total. The van der Waals surface area contributed by atoms with Crippen molar-refractivity contribution in [3.8, 4) is 6.07 Å². The Morgan fingerprint density at radius 3 is 2.10 bits per heavy atom. The predicted molar refractivity (Wildman–Crippen MR) is 72.3 cm³/mol. The quantitative estimate of drug-likeness (QED) is 0.755. The number of hydrogen-bond acceptors (Lipinski definition) is 3. The van der Waals surface area contributed by atoms with Gasteiger partial charge in [-0.05, 0) is 31.6 Å². The maximum absolute atomic E-state index is 12.4. The first-order valence-corrected chi connectivity index (χ1v) is 7.57. The van der Waals surface area contributed by atoms with E-state index in [-0.39, 0.29) is 17.7 Å². The molecule has 1 aliphatic heterocycles. The van der Waals surface area contributed by atoms with Crippen molar-refractivity contribution in [3.05, 3.63) is 0 Å². The molecule has 2 amide bonds. The molecule has 0 spiro atoms. The lowest BCUT2D eigenvalue weighted by atomic mass is 9.69. The largest absolute Gasteiger partial charge is 0.339 e. The van der Waals surface area contributed by atoms with Gasteiger partial charge in [0.1, 0.15) is 5.41 Å². The van der Waals surface area contributed by atoms with Crippen molar-refractivity contribution in [3.63, 3.8) is 0 Å². The summed E-state index contributed by atoms with van der Waals surface area (Å²) in [4.78, 5) is 28.2. The third-order valence-electron chi connectivity index (χ3n) is 5.14. The van der Waals surface area contributed by atoms with Crippen LogP contribution >= 0.6 is 0 Å². The normalized spacial score (nSPS) is 31.2. The molecule has 1 heterocycles. The van der Waals surface area contributed by atoms with Crippen LogP contribution in [0.2, 0.25) is 0 Å². The fourth-order valence-corrected chi connectivity index (χ4v) is 3.24. The maximum atomic E-state index is 12.4. The van der Waals surface area contributed by atoms with Crippen molar-refractivity contribution in [1.82, 2.24) is 9.80 Å². The lowest BCUT2D eigenvalue weighted by molar-refractivity contribution is -0.148. The van der Waals surface area contributed by atoms with Crippen LogP contribution in [0.3, 0.4) is 0 Å². The van der Waals surface area contributed by atoms with Gasteiger partial charge in [0.2, 0.25) is 11.8 Å². The van der Waals surface area contributed by atoms with Gasteiger partial charge in [0.15, 0.2) is 0 Å². The Bertz CT molecular complexity index is 470. The Hall–Kier alpha value is -1.57. The summed E-state index contributed by atoms with van der Waals surface area (Å²) in [6.07, 6.45) is 3.37. The van der Waals surface area contributed by atoms with Crippen LogP contribution in [-0.2, 0) is 9.59 Å². The van der Waals surface area contributed by atoms with E-state index in [2.05, 4.69) is 13.0 Å². The van der Waals surface area contributed by atoms with Gasteiger partial charge in [-0.1, -0.05) is 6.92 Å². The molecule has 0 N–H and O–H groups in total. The molecular weight excluding hydrogens is 254 g/mol.